The Morgan fingerprint density at radius 3 is 1.68 bits per heavy atom. The summed E-state index contributed by atoms with van der Waals surface area (Å²) < 4.78 is 11.1. The van der Waals surface area contributed by atoms with Crippen LogP contribution >= 0.6 is 0 Å². The van der Waals surface area contributed by atoms with Crippen LogP contribution < -0.4 is 21.3 Å². The molecule has 3 fully saturated rings. The molecule has 6 amide bonds. The second kappa shape index (κ2) is 27.2. The average molecular weight is 1160 g/mol. The molecule has 3 aliphatic rings. The molecule has 6 rings (SSSR count). The molecule has 0 aromatic heterocycles. The maximum atomic E-state index is 13.5. The number of ether oxygens (including phenoxy) is 2. The zero-order valence-corrected chi connectivity index (χ0v) is 48.9. The van der Waals surface area contributed by atoms with E-state index in [1.807, 2.05) is 78.8 Å². The van der Waals surface area contributed by atoms with Crippen LogP contribution in [0.3, 0.4) is 0 Å². The predicted molar refractivity (Wildman–Crippen MR) is 259 cm³/mol. The van der Waals surface area contributed by atoms with Crippen LogP contribution in [-0.2, 0) is 115 Å². The normalized spacial score (nSPS) is 20.5. The fraction of sp³-hybridized carbons (Fsp3) is 0.491. The number of carbonyl (C=O) groups is 9. The number of carbonyl (C=O) groups excluding carboxylic acids is 8. The minimum atomic E-state index is -1.22. The Hall–Kier alpha value is -4.74. The summed E-state index contributed by atoms with van der Waals surface area (Å²) in [4.78, 5) is 116. The van der Waals surface area contributed by atoms with Gasteiger partial charge in [-0.3, -0.25) is 38.4 Å². The summed E-state index contributed by atoms with van der Waals surface area (Å²) in [6.07, 6.45) is -0.337. The molecule has 3 saturated heterocycles. The number of hydrogen-bond acceptors (Lipinski definition) is 11. The number of nitrogens with one attached hydrogen (secondary N) is 4. The van der Waals surface area contributed by atoms with E-state index >= 15 is 0 Å². The zero-order chi connectivity index (χ0) is 52.5. The fourth-order valence-corrected chi connectivity index (χ4v) is 8.91. The summed E-state index contributed by atoms with van der Waals surface area (Å²) in [6.45, 7) is 19.1. The molecular formula is C53H66N6O12Y2-2. The van der Waals surface area contributed by atoms with Crippen LogP contribution in [0, 0.1) is 50.7 Å². The Bertz CT molecular complexity index is 2520. The molecular weight excluding hydrogens is 1090 g/mol. The molecule has 5 N–H and O–H groups in total. The number of aldehydes is 1. The van der Waals surface area contributed by atoms with Crippen LogP contribution in [0.1, 0.15) is 116 Å². The average Bonchev–Trinajstić information content (AvgIpc) is 3.96. The summed E-state index contributed by atoms with van der Waals surface area (Å²) >= 11 is 0. The van der Waals surface area contributed by atoms with Gasteiger partial charge in [-0.15, -0.1) is 11.1 Å². The van der Waals surface area contributed by atoms with Crippen molar-refractivity contribution in [2.45, 2.75) is 144 Å². The summed E-state index contributed by atoms with van der Waals surface area (Å²) in [5.74, 6) is -4.18. The number of carboxylic acids is 1. The third-order valence-corrected chi connectivity index (χ3v) is 12.6. The predicted octanol–water partition coefficient (Wildman–Crippen LogP) is 3.83. The van der Waals surface area contributed by atoms with Gasteiger partial charge in [0.2, 0.25) is 41.7 Å². The van der Waals surface area contributed by atoms with Crippen molar-refractivity contribution in [2.24, 2.45) is 10.8 Å². The quantitative estimate of drug-likeness (QED) is 0.0781. The number of rotatable bonds is 16. The van der Waals surface area contributed by atoms with Crippen LogP contribution in [0.4, 0.5) is 0 Å². The number of nitrogens with zero attached hydrogens (tertiary/aromatic N) is 2. The van der Waals surface area contributed by atoms with Gasteiger partial charge in [-0.25, -0.2) is 0 Å². The maximum absolute atomic E-state index is 13.5. The van der Waals surface area contributed by atoms with Gasteiger partial charge in [0.1, 0.15) is 36.5 Å². The van der Waals surface area contributed by atoms with E-state index in [4.69, 9.17) is 14.6 Å². The van der Waals surface area contributed by atoms with Crippen molar-refractivity contribution in [1.82, 2.24) is 31.1 Å². The summed E-state index contributed by atoms with van der Waals surface area (Å²) in [5.41, 5.74) is 4.26. The van der Waals surface area contributed by atoms with Crippen molar-refractivity contribution in [2.75, 3.05) is 13.1 Å². The van der Waals surface area contributed by atoms with Crippen LogP contribution in [0.15, 0.2) is 54.6 Å². The van der Waals surface area contributed by atoms with Crippen LogP contribution in [0.5, 0.6) is 0 Å². The van der Waals surface area contributed by atoms with Gasteiger partial charge in [0, 0.05) is 78.5 Å². The molecule has 20 heteroatoms. The summed E-state index contributed by atoms with van der Waals surface area (Å²) in [6, 6.07) is 17.2. The standard InChI is InChI=1S/C30H36N3O6.C23H30N3O6.2Y/c1-18-11-12-19(2)22(13-18)26(35)31-20(3)28(37)33-17-30(4,5)15-24(33)27(36)32-23-14-25(34)39-29(23)38-16-21-9-7-6-8-10-21;1-13-6-7-14(2)17(8-13)20(30)24-15(3)22(32)26-12-23(4,5)10-18(26)21(31)25-16(11-27)9-19(28)29;;/h6-10,12-13,20,23-24,29H,14-17H2,1-5H3,(H,31,35)(H,32,36);7-8,11,15-16,18H,9-10,12H2,1-5H3,(H,24,30)(H,25,31)(H,28,29);;/q2*-1;;/t20-,23-,24-,29?;15-,16-,18-;;/m00../s1. The van der Waals surface area contributed by atoms with Gasteiger partial charge >= 0.3 is 11.9 Å². The molecule has 0 saturated carbocycles. The van der Waals surface area contributed by atoms with E-state index < -0.39 is 78.6 Å². The molecule has 3 aromatic rings. The van der Waals surface area contributed by atoms with Gasteiger partial charge in [0.15, 0.2) is 0 Å². The molecule has 3 aromatic carbocycles. The monoisotopic (exact) mass is 1160 g/mol. The number of aryl methyl sites for hydroxylation is 4. The van der Waals surface area contributed by atoms with Crippen molar-refractivity contribution >= 4 is 53.7 Å². The van der Waals surface area contributed by atoms with E-state index in [0.717, 1.165) is 27.8 Å². The smallest absolute Gasteiger partial charge is 0.310 e. The second-order valence-electron chi connectivity index (χ2n) is 20.3. The largest absolute Gasteiger partial charge is 0.481 e. The molecule has 3 aliphatic heterocycles. The Morgan fingerprint density at radius 1 is 0.767 bits per heavy atom. The Morgan fingerprint density at radius 2 is 1.23 bits per heavy atom. The topological polar surface area (TPSA) is 247 Å². The molecule has 3 heterocycles. The molecule has 0 aliphatic carbocycles. The minimum Gasteiger partial charge on any atom is -0.481 e. The van der Waals surface area contributed by atoms with Crippen LogP contribution in [0.25, 0.3) is 0 Å². The number of esters is 1. The molecule has 0 bridgehead atoms. The van der Waals surface area contributed by atoms with Gasteiger partial charge in [-0.2, -0.15) is 47.5 Å². The SMILES string of the molecule is Cc1[c-]cc(C)c(C(=O)N[C@@H](C)C(=O)N2CC(C)(C)C[C@H]2C(=O)N[C@H](C=O)CC(=O)O)c1.Cc1[c-]cc(C)c(C(=O)N[C@@H](C)C(=O)N2CC(C)(C)C[C@H]2C(=O)N[C@H]2CC(=O)OC2OCc2ccccc2)c1.[Y].[Y]. The fourth-order valence-electron chi connectivity index (χ4n) is 8.91. The second-order valence-corrected chi connectivity index (χ2v) is 20.3. The first-order valence-corrected chi connectivity index (χ1v) is 23.6. The number of benzene rings is 3. The van der Waals surface area contributed by atoms with Gasteiger partial charge in [0.05, 0.1) is 25.5 Å². The Balaban J connectivity index is 0.000000383. The van der Waals surface area contributed by atoms with Crippen molar-refractivity contribution < 1.29 is 123 Å². The summed E-state index contributed by atoms with van der Waals surface area (Å²) in [7, 11) is 0. The van der Waals surface area contributed by atoms with Crippen LogP contribution in [0.2, 0.25) is 0 Å². The van der Waals surface area contributed by atoms with Gasteiger partial charge in [-0.05, 0) is 43.1 Å². The van der Waals surface area contributed by atoms with Crippen molar-refractivity contribution in [1.29, 1.82) is 0 Å². The van der Waals surface area contributed by atoms with Crippen molar-refractivity contribution in [3.63, 3.8) is 0 Å². The molecule has 2 radical (unpaired) electrons. The number of hydrogen-bond donors (Lipinski definition) is 5. The van der Waals surface area contributed by atoms with Crippen molar-refractivity contribution in [3.8, 4) is 0 Å². The molecule has 1 unspecified atom stereocenters. The molecule has 7 atom stereocenters. The third kappa shape index (κ3) is 17.4. The minimum absolute atomic E-state index is 0. The Labute approximate surface area is 477 Å². The first kappa shape index (κ1) is 62.6. The van der Waals surface area contributed by atoms with E-state index in [1.165, 1.54) is 9.80 Å². The Kier molecular flexibility index (Phi) is 23.3. The molecule has 0 spiro atoms. The summed E-state index contributed by atoms with van der Waals surface area (Å²) in [5, 5.41) is 19.7. The van der Waals surface area contributed by atoms with E-state index in [-0.39, 0.29) is 114 Å². The van der Waals surface area contributed by atoms with E-state index in [1.54, 1.807) is 45.0 Å². The molecule has 18 nitrogen and oxygen atoms in total. The van der Waals surface area contributed by atoms with E-state index in [9.17, 15) is 43.2 Å². The third-order valence-electron chi connectivity index (χ3n) is 12.6. The maximum Gasteiger partial charge on any atom is 0.310 e. The number of carboxylic acid groups (broad SMARTS) is 1. The van der Waals surface area contributed by atoms with Gasteiger partial charge in [0.25, 0.3) is 0 Å². The van der Waals surface area contributed by atoms with E-state index in [2.05, 4.69) is 33.4 Å². The van der Waals surface area contributed by atoms with Gasteiger partial charge < -0.3 is 50.4 Å². The molecule has 388 valence electrons. The van der Waals surface area contributed by atoms with Gasteiger partial charge in [-0.1, -0.05) is 96.8 Å². The zero-order valence-electron chi connectivity index (χ0n) is 43.3. The number of cyclic esters (lactones) is 1. The van der Waals surface area contributed by atoms with Crippen molar-refractivity contribution in [3.05, 3.63) is 106 Å². The van der Waals surface area contributed by atoms with Crippen LogP contribution in [-0.4, -0.2) is 124 Å². The number of amides is 6. The first-order valence-electron chi connectivity index (χ1n) is 23.6. The number of aliphatic carboxylic acids is 1. The molecule has 73 heavy (non-hydrogen) atoms. The first-order chi connectivity index (χ1) is 33.3. The van der Waals surface area contributed by atoms with E-state index in [0.29, 0.717) is 36.8 Å². The number of likely N-dealkylation sites (tertiary alicyclic amines) is 2.